The Kier molecular flexibility index (Phi) is 2.02. The van der Waals surface area contributed by atoms with E-state index < -0.39 is 5.06 Å². The van der Waals surface area contributed by atoms with E-state index in [1.807, 2.05) is 0 Å². The van der Waals surface area contributed by atoms with Crippen molar-refractivity contribution in [3.63, 3.8) is 0 Å². The molecule has 1 rings (SSSR count). The highest BCUT2D eigenvalue weighted by molar-refractivity contribution is 6.24. The van der Waals surface area contributed by atoms with Crippen molar-refractivity contribution in [1.29, 1.82) is 0 Å². The third kappa shape index (κ3) is 1.52. The first-order valence-corrected chi connectivity index (χ1v) is 3.35. The minimum absolute atomic E-state index is 0.249. The standard InChI is InChI=1S/C7H9ClO2/c1-10-7(8)4-2-3-6(9)5-7/h2-4,9H,5H2,1H3. The zero-order valence-corrected chi connectivity index (χ0v) is 6.43. The molecule has 0 saturated heterocycles. The molecule has 1 aliphatic carbocycles. The van der Waals surface area contributed by atoms with Crippen LogP contribution in [0.3, 0.4) is 0 Å². The van der Waals surface area contributed by atoms with Gasteiger partial charge in [-0.05, 0) is 12.2 Å². The normalized spacial score (nSPS) is 32.0. The summed E-state index contributed by atoms with van der Waals surface area (Å²) in [6, 6.07) is 0. The molecule has 0 fully saturated rings. The van der Waals surface area contributed by atoms with Crippen LogP contribution in [-0.2, 0) is 4.74 Å². The van der Waals surface area contributed by atoms with E-state index in [1.165, 1.54) is 7.11 Å². The van der Waals surface area contributed by atoms with Crippen LogP contribution in [0.25, 0.3) is 0 Å². The van der Waals surface area contributed by atoms with Crippen LogP contribution >= 0.6 is 11.6 Å². The van der Waals surface area contributed by atoms with E-state index in [4.69, 9.17) is 21.4 Å². The van der Waals surface area contributed by atoms with Crippen molar-refractivity contribution >= 4 is 11.6 Å². The second kappa shape index (κ2) is 2.64. The van der Waals surface area contributed by atoms with Gasteiger partial charge in [-0.15, -0.1) is 0 Å². The van der Waals surface area contributed by atoms with Crippen LogP contribution in [0.2, 0.25) is 0 Å². The second-order valence-electron chi connectivity index (χ2n) is 2.18. The molecule has 0 aromatic carbocycles. The lowest BCUT2D eigenvalue weighted by Gasteiger charge is -2.22. The molecule has 10 heavy (non-hydrogen) atoms. The lowest BCUT2D eigenvalue weighted by atomic mass is 10.1. The summed E-state index contributed by atoms with van der Waals surface area (Å²) in [4.78, 5) is 0. The number of halogens is 1. The number of hydrogen-bond acceptors (Lipinski definition) is 2. The fourth-order valence-electron chi connectivity index (χ4n) is 0.808. The molecular formula is C7H9ClO2. The summed E-state index contributed by atoms with van der Waals surface area (Å²) < 4.78 is 4.93. The predicted octanol–water partition coefficient (Wildman–Crippen LogP) is 1.97. The van der Waals surface area contributed by atoms with Crippen molar-refractivity contribution in [3.8, 4) is 0 Å². The summed E-state index contributed by atoms with van der Waals surface area (Å²) in [6.45, 7) is 0. The van der Waals surface area contributed by atoms with Gasteiger partial charge in [-0.2, -0.15) is 0 Å². The number of rotatable bonds is 1. The van der Waals surface area contributed by atoms with Crippen LogP contribution in [-0.4, -0.2) is 17.3 Å². The average Bonchev–Trinajstić information content (AvgIpc) is 1.88. The van der Waals surface area contributed by atoms with Crippen molar-refractivity contribution in [3.05, 3.63) is 24.0 Å². The number of alkyl halides is 1. The highest BCUT2D eigenvalue weighted by Crippen LogP contribution is 2.28. The minimum Gasteiger partial charge on any atom is -0.512 e. The highest BCUT2D eigenvalue weighted by atomic mass is 35.5. The topological polar surface area (TPSA) is 29.5 Å². The number of ether oxygens (including phenoxy) is 1. The predicted molar refractivity (Wildman–Crippen MR) is 40.1 cm³/mol. The fourth-order valence-corrected chi connectivity index (χ4v) is 1.02. The molecule has 0 radical (unpaired) electrons. The molecule has 3 heteroatoms. The summed E-state index contributed by atoms with van der Waals surface area (Å²) >= 11 is 5.84. The SMILES string of the molecule is COC1(Cl)C=CC=C(O)C1. The lowest BCUT2D eigenvalue weighted by Crippen LogP contribution is -2.23. The van der Waals surface area contributed by atoms with Gasteiger partial charge in [-0.3, -0.25) is 0 Å². The highest BCUT2D eigenvalue weighted by Gasteiger charge is 2.26. The largest absolute Gasteiger partial charge is 0.512 e. The van der Waals surface area contributed by atoms with E-state index in [0.29, 0.717) is 6.42 Å². The maximum absolute atomic E-state index is 9.02. The Labute approximate surface area is 64.8 Å². The number of aliphatic hydroxyl groups is 1. The summed E-state index contributed by atoms with van der Waals surface area (Å²) in [5.41, 5.74) is 0. The molecule has 1 atom stereocenters. The quantitative estimate of drug-likeness (QED) is 0.595. The Bertz CT molecular complexity index is 186. The number of allylic oxidation sites excluding steroid dienone is 2. The van der Waals surface area contributed by atoms with Crippen molar-refractivity contribution in [2.75, 3.05) is 7.11 Å². The molecule has 0 saturated carbocycles. The first-order valence-electron chi connectivity index (χ1n) is 2.98. The second-order valence-corrected chi connectivity index (χ2v) is 2.82. The molecule has 1 N–H and O–H groups in total. The summed E-state index contributed by atoms with van der Waals surface area (Å²) in [7, 11) is 1.51. The third-order valence-electron chi connectivity index (χ3n) is 1.40. The molecule has 0 aromatic heterocycles. The van der Waals surface area contributed by atoms with Gasteiger partial charge in [-0.25, -0.2) is 0 Å². The lowest BCUT2D eigenvalue weighted by molar-refractivity contribution is 0.0928. The first-order chi connectivity index (χ1) is 4.66. The van der Waals surface area contributed by atoms with Gasteiger partial charge in [0.15, 0.2) is 5.06 Å². The molecule has 1 aliphatic rings. The third-order valence-corrected chi connectivity index (χ3v) is 1.81. The van der Waals surface area contributed by atoms with E-state index in [0.717, 1.165) is 0 Å². The van der Waals surface area contributed by atoms with Crippen LogP contribution in [0, 0.1) is 0 Å². The minimum atomic E-state index is -0.834. The van der Waals surface area contributed by atoms with E-state index >= 15 is 0 Å². The first kappa shape index (κ1) is 7.63. The number of methoxy groups -OCH3 is 1. The summed E-state index contributed by atoms with van der Waals surface area (Å²) in [5.74, 6) is 0.249. The van der Waals surface area contributed by atoms with Gasteiger partial charge in [0, 0.05) is 7.11 Å². The molecule has 0 aromatic rings. The maximum Gasteiger partial charge on any atom is 0.167 e. The van der Waals surface area contributed by atoms with Gasteiger partial charge < -0.3 is 9.84 Å². The molecule has 1 unspecified atom stereocenters. The Balaban J connectivity index is 2.71. The van der Waals surface area contributed by atoms with Crippen LogP contribution < -0.4 is 0 Å². The monoisotopic (exact) mass is 160 g/mol. The Morgan fingerprint density at radius 2 is 2.50 bits per heavy atom. The smallest absolute Gasteiger partial charge is 0.167 e. The summed E-state index contributed by atoms with van der Waals surface area (Å²) in [6.07, 6.45) is 5.31. The number of aliphatic hydroxyl groups excluding tert-OH is 1. The molecular weight excluding hydrogens is 152 g/mol. The van der Waals surface area contributed by atoms with Crippen molar-refractivity contribution in [1.82, 2.24) is 0 Å². The van der Waals surface area contributed by atoms with Crippen LogP contribution in [0.4, 0.5) is 0 Å². The molecule has 0 aliphatic heterocycles. The number of hydrogen-bond donors (Lipinski definition) is 1. The van der Waals surface area contributed by atoms with Gasteiger partial charge >= 0.3 is 0 Å². The molecule has 0 bridgehead atoms. The molecule has 56 valence electrons. The van der Waals surface area contributed by atoms with Gasteiger partial charge in [0.25, 0.3) is 0 Å². The maximum atomic E-state index is 9.02. The van der Waals surface area contributed by atoms with E-state index in [9.17, 15) is 0 Å². The van der Waals surface area contributed by atoms with Crippen molar-refractivity contribution < 1.29 is 9.84 Å². The van der Waals surface area contributed by atoms with E-state index in [-0.39, 0.29) is 5.76 Å². The van der Waals surface area contributed by atoms with Crippen molar-refractivity contribution in [2.24, 2.45) is 0 Å². The van der Waals surface area contributed by atoms with Gasteiger partial charge in [0.05, 0.1) is 12.2 Å². The summed E-state index contributed by atoms with van der Waals surface area (Å²) in [5, 5.41) is 8.19. The van der Waals surface area contributed by atoms with Gasteiger partial charge in [0.1, 0.15) is 0 Å². The Morgan fingerprint density at radius 1 is 1.80 bits per heavy atom. The van der Waals surface area contributed by atoms with E-state index in [2.05, 4.69) is 0 Å². The Hall–Kier alpha value is -0.470. The molecule has 0 heterocycles. The van der Waals surface area contributed by atoms with Crippen LogP contribution in [0.5, 0.6) is 0 Å². The van der Waals surface area contributed by atoms with Gasteiger partial charge in [0.2, 0.25) is 0 Å². The Morgan fingerprint density at radius 3 is 2.90 bits per heavy atom. The average molecular weight is 161 g/mol. The van der Waals surface area contributed by atoms with Crippen LogP contribution in [0.1, 0.15) is 6.42 Å². The van der Waals surface area contributed by atoms with E-state index in [1.54, 1.807) is 18.2 Å². The molecule has 0 amide bonds. The van der Waals surface area contributed by atoms with Crippen LogP contribution in [0.15, 0.2) is 24.0 Å². The van der Waals surface area contributed by atoms with Gasteiger partial charge in [-0.1, -0.05) is 17.7 Å². The molecule has 0 spiro atoms. The zero-order chi connectivity index (χ0) is 7.61. The zero-order valence-electron chi connectivity index (χ0n) is 5.67. The fraction of sp³-hybridized carbons (Fsp3) is 0.429. The molecule has 2 nitrogen and oxygen atoms in total. The van der Waals surface area contributed by atoms with Crippen molar-refractivity contribution in [2.45, 2.75) is 11.5 Å².